The Morgan fingerprint density at radius 1 is 1.56 bits per heavy atom. The van der Waals surface area contributed by atoms with Crippen LogP contribution in [0.1, 0.15) is 62.4 Å². The van der Waals surface area contributed by atoms with Crippen molar-refractivity contribution in [1.82, 2.24) is 20.1 Å². The summed E-state index contributed by atoms with van der Waals surface area (Å²) in [6, 6.07) is 0. The molecule has 1 aliphatic heterocycles. The van der Waals surface area contributed by atoms with Gasteiger partial charge in [-0.15, -0.1) is 5.10 Å². The summed E-state index contributed by atoms with van der Waals surface area (Å²) in [5.41, 5.74) is 0. The molecule has 2 heterocycles. The maximum absolute atomic E-state index is 12.2. The topological polar surface area (TPSA) is 61.9 Å². The van der Waals surface area contributed by atoms with Crippen LogP contribution in [0.5, 0.6) is 0 Å². The van der Waals surface area contributed by atoms with Gasteiger partial charge in [0.15, 0.2) is 0 Å². The van der Waals surface area contributed by atoms with Crippen LogP contribution in [0.25, 0.3) is 0 Å². The molecule has 0 bridgehead atoms. The van der Waals surface area contributed by atoms with E-state index in [4.69, 9.17) is 0 Å². The van der Waals surface area contributed by atoms with Crippen molar-refractivity contribution in [2.24, 2.45) is 5.92 Å². The molecule has 1 unspecified atom stereocenters. The van der Waals surface area contributed by atoms with Crippen molar-refractivity contribution in [3.63, 3.8) is 0 Å². The number of likely N-dealkylation sites (tertiary alicyclic amines) is 1. The molecule has 1 fully saturated rings. The molecular formula is C13H22N4O. The number of hydrogen-bond donors (Lipinski definition) is 1. The molecule has 1 aromatic heterocycles. The molecule has 5 heteroatoms. The summed E-state index contributed by atoms with van der Waals surface area (Å²) in [7, 11) is 0. The molecule has 2 rings (SSSR count). The number of nitrogens with one attached hydrogen (secondary N) is 1. The number of amides is 1. The van der Waals surface area contributed by atoms with E-state index in [2.05, 4.69) is 22.1 Å². The van der Waals surface area contributed by atoms with Crippen LogP contribution in [0, 0.1) is 5.92 Å². The number of aromatic amines is 1. The molecule has 0 spiro atoms. The highest BCUT2D eigenvalue weighted by atomic mass is 16.2. The fraction of sp³-hybridized carbons (Fsp3) is 0.769. The Kier molecular flexibility index (Phi) is 3.99. The van der Waals surface area contributed by atoms with Gasteiger partial charge in [0.05, 0.1) is 0 Å². The number of nitrogens with zero attached hydrogens (tertiary/aromatic N) is 3. The fourth-order valence-electron chi connectivity index (χ4n) is 2.43. The van der Waals surface area contributed by atoms with Crippen molar-refractivity contribution >= 4 is 5.91 Å². The van der Waals surface area contributed by atoms with Gasteiger partial charge in [-0.05, 0) is 18.8 Å². The number of carbonyl (C=O) groups excluding carboxylic acids is 1. The van der Waals surface area contributed by atoms with Crippen LogP contribution in [0.15, 0.2) is 0 Å². The number of aromatic nitrogens is 3. The molecule has 0 aromatic carbocycles. The first-order valence-corrected chi connectivity index (χ1v) is 6.83. The van der Waals surface area contributed by atoms with Crippen LogP contribution < -0.4 is 0 Å². The summed E-state index contributed by atoms with van der Waals surface area (Å²) in [4.78, 5) is 18.4. The molecule has 1 aromatic rings. The van der Waals surface area contributed by atoms with Crippen molar-refractivity contribution in [3.8, 4) is 0 Å². The summed E-state index contributed by atoms with van der Waals surface area (Å²) in [5.74, 6) is 1.99. The van der Waals surface area contributed by atoms with E-state index in [9.17, 15) is 4.79 Å². The molecule has 18 heavy (non-hydrogen) atoms. The number of carbonyl (C=O) groups is 1. The molecule has 0 radical (unpaired) electrons. The van der Waals surface area contributed by atoms with Gasteiger partial charge >= 0.3 is 0 Å². The summed E-state index contributed by atoms with van der Waals surface area (Å²) in [6.45, 7) is 7.95. The lowest BCUT2D eigenvalue weighted by atomic mass is 10.0. The predicted octanol–water partition coefficient (Wildman–Crippen LogP) is 2.19. The minimum absolute atomic E-state index is 0.0308. The van der Waals surface area contributed by atoms with E-state index in [0.717, 1.165) is 25.3 Å². The van der Waals surface area contributed by atoms with E-state index in [0.29, 0.717) is 11.7 Å². The standard InChI is InChI=1S/C13H22N4O/c1-4-5-10-6-7-17(8-10)13(18)12-14-11(9(2)3)15-16-12/h9-10H,4-8H2,1-3H3,(H,14,15,16). The van der Waals surface area contributed by atoms with Gasteiger partial charge < -0.3 is 4.90 Å². The zero-order valence-corrected chi connectivity index (χ0v) is 11.4. The Labute approximate surface area is 108 Å². The quantitative estimate of drug-likeness (QED) is 0.891. The molecule has 100 valence electrons. The molecule has 5 nitrogen and oxygen atoms in total. The molecule has 1 atom stereocenters. The second kappa shape index (κ2) is 5.50. The molecule has 1 aliphatic rings. The largest absolute Gasteiger partial charge is 0.336 e. The lowest BCUT2D eigenvalue weighted by Crippen LogP contribution is -2.29. The van der Waals surface area contributed by atoms with E-state index >= 15 is 0 Å². The van der Waals surface area contributed by atoms with E-state index in [-0.39, 0.29) is 11.8 Å². The highest BCUT2D eigenvalue weighted by Gasteiger charge is 2.28. The first kappa shape index (κ1) is 13.1. The Balaban J connectivity index is 1.99. The van der Waals surface area contributed by atoms with E-state index in [1.54, 1.807) is 0 Å². The first-order chi connectivity index (χ1) is 8.61. The maximum Gasteiger partial charge on any atom is 0.293 e. The monoisotopic (exact) mass is 250 g/mol. The molecule has 1 amide bonds. The third-order valence-electron chi connectivity index (χ3n) is 3.51. The van der Waals surface area contributed by atoms with Crippen LogP contribution in [-0.2, 0) is 0 Å². The van der Waals surface area contributed by atoms with Gasteiger partial charge in [-0.25, -0.2) is 4.98 Å². The Bertz CT molecular complexity index is 413. The molecule has 0 saturated carbocycles. The zero-order chi connectivity index (χ0) is 13.1. The normalized spacial score (nSPS) is 19.8. The fourth-order valence-corrected chi connectivity index (χ4v) is 2.43. The van der Waals surface area contributed by atoms with Crippen molar-refractivity contribution in [2.75, 3.05) is 13.1 Å². The number of hydrogen-bond acceptors (Lipinski definition) is 3. The van der Waals surface area contributed by atoms with Gasteiger partial charge in [-0.2, -0.15) is 0 Å². The van der Waals surface area contributed by atoms with Crippen LogP contribution >= 0.6 is 0 Å². The smallest absolute Gasteiger partial charge is 0.293 e. The van der Waals surface area contributed by atoms with Crippen LogP contribution in [0.4, 0.5) is 0 Å². The highest BCUT2D eigenvalue weighted by Crippen LogP contribution is 2.22. The zero-order valence-electron chi connectivity index (χ0n) is 11.4. The summed E-state index contributed by atoms with van der Waals surface area (Å²) < 4.78 is 0. The van der Waals surface area contributed by atoms with Crippen molar-refractivity contribution in [2.45, 2.75) is 46.0 Å². The van der Waals surface area contributed by atoms with Gasteiger partial charge in [0.1, 0.15) is 5.82 Å². The van der Waals surface area contributed by atoms with Crippen LogP contribution in [0.2, 0.25) is 0 Å². The van der Waals surface area contributed by atoms with Crippen molar-refractivity contribution in [3.05, 3.63) is 11.6 Å². The minimum atomic E-state index is -0.0308. The van der Waals surface area contributed by atoms with Gasteiger partial charge in [-0.3, -0.25) is 9.89 Å². The van der Waals surface area contributed by atoms with Gasteiger partial charge in [-0.1, -0.05) is 27.2 Å². The molecule has 1 N–H and O–H groups in total. The third-order valence-corrected chi connectivity index (χ3v) is 3.51. The van der Waals surface area contributed by atoms with Crippen molar-refractivity contribution < 1.29 is 4.79 Å². The lowest BCUT2D eigenvalue weighted by molar-refractivity contribution is 0.0775. The number of rotatable bonds is 4. The summed E-state index contributed by atoms with van der Waals surface area (Å²) in [6.07, 6.45) is 3.50. The Morgan fingerprint density at radius 3 is 2.94 bits per heavy atom. The van der Waals surface area contributed by atoms with E-state index in [1.165, 1.54) is 12.8 Å². The summed E-state index contributed by atoms with van der Waals surface area (Å²) >= 11 is 0. The number of H-pyrrole nitrogens is 1. The second-order valence-electron chi connectivity index (χ2n) is 5.39. The van der Waals surface area contributed by atoms with Crippen LogP contribution in [-0.4, -0.2) is 39.1 Å². The molecule has 0 aliphatic carbocycles. The van der Waals surface area contributed by atoms with Crippen LogP contribution in [0.3, 0.4) is 0 Å². The van der Waals surface area contributed by atoms with E-state index < -0.39 is 0 Å². The minimum Gasteiger partial charge on any atom is -0.336 e. The van der Waals surface area contributed by atoms with Gasteiger partial charge in [0.2, 0.25) is 5.82 Å². The van der Waals surface area contributed by atoms with Crippen molar-refractivity contribution in [1.29, 1.82) is 0 Å². The summed E-state index contributed by atoms with van der Waals surface area (Å²) in [5, 5.41) is 6.86. The average molecular weight is 250 g/mol. The predicted molar refractivity (Wildman–Crippen MR) is 69.4 cm³/mol. The lowest BCUT2D eigenvalue weighted by Gasteiger charge is -2.14. The third kappa shape index (κ3) is 2.71. The first-order valence-electron chi connectivity index (χ1n) is 6.83. The Hall–Kier alpha value is -1.39. The molecule has 1 saturated heterocycles. The molecular weight excluding hydrogens is 228 g/mol. The highest BCUT2D eigenvalue weighted by molar-refractivity contribution is 5.90. The van der Waals surface area contributed by atoms with Gasteiger partial charge in [0, 0.05) is 19.0 Å². The second-order valence-corrected chi connectivity index (χ2v) is 5.39. The average Bonchev–Trinajstić information content (AvgIpc) is 2.97. The SMILES string of the molecule is CCCC1CCN(C(=O)c2n[nH]c(C(C)C)n2)C1. The maximum atomic E-state index is 12.2. The van der Waals surface area contributed by atoms with E-state index in [1.807, 2.05) is 18.7 Å². The van der Waals surface area contributed by atoms with Gasteiger partial charge in [0.25, 0.3) is 5.91 Å². The Morgan fingerprint density at radius 2 is 2.33 bits per heavy atom.